The topological polar surface area (TPSA) is 40.6 Å². The number of carbonyl (C=O) groups is 2. The Morgan fingerprint density at radius 1 is 1.00 bits per heavy atom. The van der Waals surface area contributed by atoms with E-state index in [0.29, 0.717) is 38.0 Å². The van der Waals surface area contributed by atoms with Crippen molar-refractivity contribution >= 4 is 11.8 Å². The summed E-state index contributed by atoms with van der Waals surface area (Å²) in [5.41, 5.74) is 0.869. The molecule has 4 nitrogen and oxygen atoms in total. The normalized spacial score (nSPS) is 28.4. The third-order valence-corrected chi connectivity index (χ3v) is 5.79. The molecule has 0 bridgehead atoms. The van der Waals surface area contributed by atoms with Gasteiger partial charge in [0.25, 0.3) is 0 Å². The van der Waals surface area contributed by atoms with E-state index in [0.717, 1.165) is 24.8 Å². The molecule has 3 fully saturated rings. The Balaban J connectivity index is 1.39. The predicted octanol–water partition coefficient (Wildman–Crippen LogP) is 2.04. The van der Waals surface area contributed by atoms with Gasteiger partial charge < -0.3 is 9.80 Å². The van der Waals surface area contributed by atoms with E-state index >= 15 is 0 Å². The molecule has 4 rings (SSSR count). The van der Waals surface area contributed by atoms with Gasteiger partial charge in [-0.3, -0.25) is 9.59 Å². The third-order valence-electron chi connectivity index (χ3n) is 5.79. The summed E-state index contributed by atoms with van der Waals surface area (Å²) in [5.74, 6) is 1.36. The first-order valence-corrected chi connectivity index (χ1v) is 8.75. The predicted molar refractivity (Wildman–Crippen MR) is 87.8 cm³/mol. The van der Waals surface area contributed by atoms with Crippen molar-refractivity contribution in [3.8, 4) is 0 Å². The van der Waals surface area contributed by atoms with Crippen LogP contribution in [0.4, 0.5) is 0 Å². The van der Waals surface area contributed by atoms with Gasteiger partial charge in [-0.1, -0.05) is 37.3 Å². The van der Waals surface area contributed by atoms with Crippen LogP contribution >= 0.6 is 0 Å². The molecule has 2 atom stereocenters. The van der Waals surface area contributed by atoms with Crippen LogP contribution in [0.15, 0.2) is 30.3 Å². The summed E-state index contributed by atoms with van der Waals surface area (Å²) in [6.07, 6.45) is 2.94. The molecule has 0 radical (unpaired) electrons. The Morgan fingerprint density at radius 3 is 2.09 bits per heavy atom. The van der Waals surface area contributed by atoms with E-state index in [4.69, 9.17) is 0 Å². The summed E-state index contributed by atoms with van der Waals surface area (Å²) in [5, 5.41) is 0. The van der Waals surface area contributed by atoms with Gasteiger partial charge in [-0.15, -0.1) is 0 Å². The van der Waals surface area contributed by atoms with E-state index < -0.39 is 0 Å². The number of hydrogen-bond donors (Lipinski definition) is 0. The third kappa shape index (κ3) is 2.54. The van der Waals surface area contributed by atoms with Gasteiger partial charge in [0.2, 0.25) is 11.8 Å². The molecule has 4 heteroatoms. The van der Waals surface area contributed by atoms with Crippen LogP contribution in [0, 0.1) is 11.8 Å². The number of piperazine rings is 1. The van der Waals surface area contributed by atoms with Gasteiger partial charge in [0.1, 0.15) is 0 Å². The van der Waals surface area contributed by atoms with Crippen LogP contribution in [0.1, 0.15) is 31.7 Å². The van der Waals surface area contributed by atoms with Crippen LogP contribution in [0.3, 0.4) is 0 Å². The largest absolute Gasteiger partial charge is 0.339 e. The molecule has 0 N–H and O–H groups in total. The molecule has 2 saturated carbocycles. The van der Waals surface area contributed by atoms with Crippen molar-refractivity contribution < 1.29 is 9.59 Å². The van der Waals surface area contributed by atoms with Gasteiger partial charge >= 0.3 is 0 Å². The summed E-state index contributed by atoms with van der Waals surface area (Å²) in [4.78, 5) is 29.2. The molecule has 0 spiro atoms. The first-order valence-electron chi connectivity index (χ1n) is 8.75. The maximum absolute atomic E-state index is 13.0. The van der Waals surface area contributed by atoms with Crippen molar-refractivity contribution in [1.29, 1.82) is 0 Å². The molecule has 1 aliphatic heterocycles. The Kier molecular flexibility index (Phi) is 3.43. The molecule has 2 unspecified atom stereocenters. The average Bonchev–Trinajstić information content (AvgIpc) is 3.51. The highest BCUT2D eigenvalue weighted by Crippen LogP contribution is 2.49. The fourth-order valence-corrected chi connectivity index (χ4v) is 3.84. The summed E-state index contributed by atoms with van der Waals surface area (Å²) in [6.45, 7) is 4.89. The minimum Gasteiger partial charge on any atom is -0.339 e. The number of rotatable bonds is 3. The summed E-state index contributed by atoms with van der Waals surface area (Å²) < 4.78 is 0. The minimum atomic E-state index is -0.279. The molecule has 2 amide bonds. The van der Waals surface area contributed by atoms with Gasteiger partial charge in [-0.25, -0.2) is 0 Å². The molecule has 1 aromatic carbocycles. The second-order valence-corrected chi connectivity index (χ2v) is 7.39. The second-order valence-electron chi connectivity index (χ2n) is 7.39. The van der Waals surface area contributed by atoms with Crippen molar-refractivity contribution in [3.05, 3.63) is 35.9 Å². The number of amides is 2. The second kappa shape index (κ2) is 5.36. The van der Waals surface area contributed by atoms with Gasteiger partial charge in [0.15, 0.2) is 0 Å². The van der Waals surface area contributed by atoms with Crippen LogP contribution < -0.4 is 0 Å². The van der Waals surface area contributed by atoms with Crippen LogP contribution in [0.5, 0.6) is 0 Å². The van der Waals surface area contributed by atoms with E-state index in [1.165, 1.54) is 0 Å². The zero-order valence-corrected chi connectivity index (χ0v) is 13.7. The number of hydrogen-bond acceptors (Lipinski definition) is 2. The van der Waals surface area contributed by atoms with Gasteiger partial charge in [-0.05, 0) is 30.7 Å². The maximum Gasteiger partial charge on any atom is 0.233 e. The van der Waals surface area contributed by atoms with Crippen LogP contribution in [0.25, 0.3) is 0 Å². The lowest BCUT2D eigenvalue weighted by molar-refractivity contribution is -0.141. The highest BCUT2D eigenvalue weighted by atomic mass is 16.2. The molecule has 122 valence electrons. The van der Waals surface area contributed by atoms with Crippen molar-refractivity contribution in [3.63, 3.8) is 0 Å². The summed E-state index contributed by atoms with van der Waals surface area (Å²) in [7, 11) is 0. The fourth-order valence-electron chi connectivity index (χ4n) is 3.84. The van der Waals surface area contributed by atoms with Crippen LogP contribution in [0.2, 0.25) is 0 Å². The zero-order valence-electron chi connectivity index (χ0n) is 13.7. The van der Waals surface area contributed by atoms with Crippen molar-refractivity contribution in [2.24, 2.45) is 11.8 Å². The quantitative estimate of drug-likeness (QED) is 0.857. The highest BCUT2D eigenvalue weighted by Gasteiger charge is 2.53. The van der Waals surface area contributed by atoms with Crippen molar-refractivity contribution in [1.82, 2.24) is 9.80 Å². The monoisotopic (exact) mass is 312 g/mol. The van der Waals surface area contributed by atoms with Gasteiger partial charge in [-0.2, -0.15) is 0 Å². The first kappa shape index (κ1) is 14.7. The SMILES string of the molecule is CC1CC1C(=O)N1CCN(C(=O)C2(c3ccccc3)CC2)CC1. The molecule has 1 heterocycles. The fraction of sp³-hybridized carbons (Fsp3) is 0.579. The lowest BCUT2D eigenvalue weighted by Gasteiger charge is -2.37. The van der Waals surface area contributed by atoms with E-state index in [1.807, 2.05) is 28.0 Å². The smallest absolute Gasteiger partial charge is 0.233 e. The number of nitrogens with zero attached hydrogens (tertiary/aromatic N) is 2. The van der Waals surface area contributed by atoms with Crippen molar-refractivity contribution in [2.75, 3.05) is 26.2 Å². The molecular weight excluding hydrogens is 288 g/mol. The summed E-state index contributed by atoms with van der Waals surface area (Å²) >= 11 is 0. The molecule has 0 aromatic heterocycles. The lowest BCUT2D eigenvalue weighted by Crippen LogP contribution is -2.53. The Morgan fingerprint density at radius 2 is 1.57 bits per heavy atom. The van der Waals surface area contributed by atoms with E-state index in [-0.39, 0.29) is 17.2 Å². The zero-order chi connectivity index (χ0) is 16.0. The molecule has 2 aliphatic carbocycles. The molecular formula is C19H24N2O2. The van der Waals surface area contributed by atoms with Crippen LogP contribution in [-0.4, -0.2) is 47.8 Å². The average molecular weight is 312 g/mol. The maximum atomic E-state index is 13.0. The molecule has 1 saturated heterocycles. The van der Waals surface area contributed by atoms with Gasteiger partial charge in [0, 0.05) is 32.1 Å². The first-order chi connectivity index (χ1) is 11.1. The van der Waals surface area contributed by atoms with Gasteiger partial charge in [0.05, 0.1) is 5.41 Å². The number of carbonyl (C=O) groups excluding carboxylic acids is 2. The standard InChI is InChI=1S/C19H24N2O2/c1-14-13-16(14)17(22)20-9-11-21(12-10-20)18(23)19(7-8-19)15-5-3-2-4-6-15/h2-6,14,16H,7-13H2,1H3. The Bertz CT molecular complexity index is 616. The van der Waals surface area contributed by atoms with Crippen LogP contribution in [-0.2, 0) is 15.0 Å². The number of benzene rings is 1. The van der Waals surface area contributed by atoms with Crippen molar-refractivity contribution in [2.45, 2.75) is 31.6 Å². The van der Waals surface area contributed by atoms with E-state index in [2.05, 4.69) is 19.1 Å². The lowest BCUT2D eigenvalue weighted by atomic mass is 9.94. The Hall–Kier alpha value is -1.84. The molecule has 23 heavy (non-hydrogen) atoms. The molecule has 3 aliphatic rings. The Labute approximate surface area is 137 Å². The van der Waals surface area contributed by atoms with E-state index in [1.54, 1.807) is 0 Å². The highest BCUT2D eigenvalue weighted by molar-refractivity contribution is 5.91. The van der Waals surface area contributed by atoms with E-state index in [9.17, 15) is 9.59 Å². The summed E-state index contributed by atoms with van der Waals surface area (Å²) in [6, 6.07) is 10.2. The minimum absolute atomic E-state index is 0.247. The molecule has 1 aromatic rings.